The van der Waals surface area contributed by atoms with E-state index in [-0.39, 0.29) is 10.8 Å². The highest BCUT2D eigenvalue weighted by molar-refractivity contribution is 7.89. The number of carbonyl (C=O) groups excluding carboxylic acids is 1. The Balaban J connectivity index is 1.50. The van der Waals surface area contributed by atoms with Gasteiger partial charge in [0.1, 0.15) is 0 Å². The first-order valence-corrected chi connectivity index (χ1v) is 10.8. The highest BCUT2D eigenvalue weighted by Crippen LogP contribution is 2.14. The van der Waals surface area contributed by atoms with Gasteiger partial charge in [0.2, 0.25) is 15.9 Å². The van der Waals surface area contributed by atoms with E-state index in [1.807, 2.05) is 48.9 Å². The number of nitrogens with two attached hydrogens (primary N) is 1. The molecule has 3 rings (SSSR count). The van der Waals surface area contributed by atoms with Crippen molar-refractivity contribution in [3.8, 4) is 5.69 Å². The van der Waals surface area contributed by atoms with Crippen molar-refractivity contribution >= 4 is 15.9 Å². The van der Waals surface area contributed by atoms with Crippen LogP contribution < -0.4 is 10.5 Å². The van der Waals surface area contributed by atoms with Crippen molar-refractivity contribution < 1.29 is 13.2 Å². The quantitative estimate of drug-likeness (QED) is 0.621. The third-order valence-electron chi connectivity index (χ3n) is 4.57. The molecule has 7 nitrogen and oxygen atoms in total. The number of hydrogen-bond acceptors (Lipinski definition) is 4. The van der Waals surface area contributed by atoms with Gasteiger partial charge < -0.3 is 5.32 Å². The number of amides is 1. The standard InChI is InChI=1S/C21H24N4O3S/c1-15-13-16(2)25(24-15)19-8-3-17(4-9-19)7-12-21(26)23-14-18-5-10-20(11-6-18)29(22,27)28/h3-6,8-11,13H,7,12,14H2,1-2H3,(H,23,26)(H2,22,27,28). The lowest BCUT2D eigenvalue weighted by Gasteiger charge is -2.08. The average Bonchev–Trinajstić information content (AvgIpc) is 3.03. The second kappa shape index (κ2) is 8.59. The first-order chi connectivity index (χ1) is 13.7. The Morgan fingerprint density at radius 3 is 2.21 bits per heavy atom. The van der Waals surface area contributed by atoms with E-state index in [0.717, 1.165) is 28.2 Å². The number of rotatable bonds is 7. The van der Waals surface area contributed by atoms with E-state index in [4.69, 9.17) is 5.14 Å². The molecule has 0 fully saturated rings. The van der Waals surface area contributed by atoms with Gasteiger partial charge in [-0.25, -0.2) is 18.2 Å². The highest BCUT2D eigenvalue weighted by atomic mass is 32.2. The molecular weight excluding hydrogens is 388 g/mol. The molecule has 2 aromatic carbocycles. The maximum Gasteiger partial charge on any atom is 0.238 e. The van der Waals surface area contributed by atoms with Crippen molar-refractivity contribution in [1.82, 2.24) is 15.1 Å². The molecule has 0 atom stereocenters. The van der Waals surface area contributed by atoms with E-state index in [1.165, 1.54) is 12.1 Å². The summed E-state index contributed by atoms with van der Waals surface area (Å²) in [5, 5.41) is 12.4. The summed E-state index contributed by atoms with van der Waals surface area (Å²) in [6, 6.07) is 16.2. The maximum atomic E-state index is 12.1. The number of sulfonamides is 1. The molecule has 0 saturated carbocycles. The predicted octanol–water partition coefficient (Wildman–Crippen LogP) is 2.39. The molecule has 152 valence electrons. The fourth-order valence-electron chi connectivity index (χ4n) is 3.04. The van der Waals surface area contributed by atoms with Crippen LogP contribution >= 0.6 is 0 Å². The maximum absolute atomic E-state index is 12.1. The number of aryl methyl sites for hydroxylation is 3. The van der Waals surface area contributed by atoms with Crippen LogP contribution in [0.5, 0.6) is 0 Å². The number of primary sulfonamides is 1. The zero-order valence-electron chi connectivity index (χ0n) is 16.4. The normalized spacial score (nSPS) is 11.4. The van der Waals surface area contributed by atoms with Crippen molar-refractivity contribution in [2.24, 2.45) is 5.14 Å². The van der Waals surface area contributed by atoms with Gasteiger partial charge in [-0.2, -0.15) is 5.10 Å². The summed E-state index contributed by atoms with van der Waals surface area (Å²) in [6.45, 7) is 4.31. The van der Waals surface area contributed by atoms with Crippen LogP contribution in [0.15, 0.2) is 59.5 Å². The number of nitrogens with zero attached hydrogens (tertiary/aromatic N) is 2. The Labute approximate surface area is 170 Å². The molecule has 1 aromatic heterocycles. The third-order valence-corrected chi connectivity index (χ3v) is 5.50. The van der Waals surface area contributed by atoms with Crippen LogP contribution in [0.25, 0.3) is 5.69 Å². The minimum atomic E-state index is -3.71. The Kier molecular flexibility index (Phi) is 6.14. The van der Waals surface area contributed by atoms with E-state index in [0.29, 0.717) is 19.4 Å². The minimum Gasteiger partial charge on any atom is -0.352 e. The number of benzene rings is 2. The lowest BCUT2D eigenvalue weighted by atomic mass is 10.1. The molecule has 0 unspecified atom stereocenters. The van der Waals surface area contributed by atoms with Crippen LogP contribution in [-0.2, 0) is 27.8 Å². The van der Waals surface area contributed by atoms with Crippen LogP contribution in [0, 0.1) is 13.8 Å². The Morgan fingerprint density at radius 1 is 1.03 bits per heavy atom. The lowest BCUT2D eigenvalue weighted by molar-refractivity contribution is -0.121. The van der Waals surface area contributed by atoms with Gasteiger partial charge in [-0.1, -0.05) is 24.3 Å². The van der Waals surface area contributed by atoms with Gasteiger partial charge in [-0.15, -0.1) is 0 Å². The molecule has 29 heavy (non-hydrogen) atoms. The van der Waals surface area contributed by atoms with E-state index in [9.17, 15) is 13.2 Å². The number of carbonyl (C=O) groups is 1. The first-order valence-electron chi connectivity index (χ1n) is 9.23. The molecule has 0 aliphatic rings. The van der Waals surface area contributed by atoms with Crippen LogP contribution in [0.1, 0.15) is 28.9 Å². The van der Waals surface area contributed by atoms with E-state index < -0.39 is 10.0 Å². The monoisotopic (exact) mass is 412 g/mol. The van der Waals surface area contributed by atoms with Gasteiger partial charge in [0.05, 0.1) is 16.3 Å². The summed E-state index contributed by atoms with van der Waals surface area (Å²) < 4.78 is 24.4. The minimum absolute atomic E-state index is 0.0523. The Bertz CT molecular complexity index is 1100. The van der Waals surface area contributed by atoms with E-state index in [2.05, 4.69) is 10.4 Å². The largest absolute Gasteiger partial charge is 0.352 e. The van der Waals surface area contributed by atoms with Crippen LogP contribution in [-0.4, -0.2) is 24.1 Å². The van der Waals surface area contributed by atoms with Crippen molar-refractivity contribution in [1.29, 1.82) is 0 Å². The molecule has 0 radical (unpaired) electrons. The van der Waals surface area contributed by atoms with Crippen molar-refractivity contribution in [2.75, 3.05) is 0 Å². The molecule has 0 bridgehead atoms. The molecule has 0 aliphatic heterocycles. The molecular formula is C21H24N4O3S. The van der Waals surface area contributed by atoms with Crippen LogP contribution in [0.3, 0.4) is 0 Å². The van der Waals surface area contributed by atoms with Crippen molar-refractivity contribution in [2.45, 2.75) is 38.1 Å². The second-order valence-electron chi connectivity index (χ2n) is 6.97. The SMILES string of the molecule is Cc1cc(C)n(-c2ccc(CCC(=O)NCc3ccc(S(N)(=O)=O)cc3)cc2)n1. The fraction of sp³-hybridized carbons (Fsp3) is 0.238. The molecule has 0 aliphatic carbocycles. The van der Waals surface area contributed by atoms with Crippen LogP contribution in [0.4, 0.5) is 0 Å². The molecule has 1 heterocycles. The fourth-order valence-corrected chi connectivity index (χ4v) is 3.55. The molecule has 0 spiro atoms. The highest BCUT2D eigenvalue weighted by Gasteiger charge is 2.08. The van der Waals surface area contributed by atoms with Gasteiger partial charge >= 0.3 is 0 Å². The Morgan fingerprint density at radius 2 is 1.66 bits per heavy atom. The number of aromatic nitrogens is 2. The first kappa shape index (κ1) is 20.8. The smallest absolute Gasteiger partial charge is 0.238 e. The molecule has 3 N–H and O–H groups in total. The predicted molar refractivity (Wildman–Crippen MR) is 111 cm³/mol. The summed E-state index contributed by atoms with van der Waals surface area (Å²) in [4.78, 5) is 12.2. The zero-order valence-corrected chi connectivity index (χ0v) is 17.2. The summed E-state index contributed by atoms with van der Waals surface area (Å²) in [5.74, 6) is -0.0665. The molecule has 3 aromatic rings. The molecule has 0 saturated heterocycles. The van der Waals surface area contributed by atoms with Gasteiger partial charge in [0.15, 0.2) is 0 Å². The van der Waals surface area contributed by atoms with E-state index >= 15 is 0 Å². The summed E-state index contributed by atoms with van der Waals surface area (Å²) in [5.41, 5.74) is 4.92. The summed E-state index contributed by atoms with van der Waals surface area (Å²) in [6.07, 6.45) is 1.00. The van der Waals surface area contributed by atoms with Gasteiger partial charge in [0.25, 0.3) is 0 Å². The second-order valence-corrected chi connectivity index (χ2v) is 8.53. The Hall–Kier alpha value is -2.97. The number of nitrogens with one attached hydrogen (secondary N) is 1. The van der Waals surface area contributed by atoms with Gasteiger partial charge in [-0.3, -0.25) is 4.79 Å². The molecule has 1 amide bonds. The lowest BCUT2D eigenvalue weighted by Crippen LogP contribution is -2.23. The van der Waals surface area contributed by atoms with Crippen molar-refractivity contribution in [3.63, 3.8) is 0 Å². The average molecular weight is 413 g/mol. The van der Waals surface area contributed by atoms with Gasteiger partial charge in [-0.05, 0) is 61.7 Å². The topological polar surface area (TPSA) is 107 Å². The third kappa shape index (κ3) is 5.52. The zero-order chi connectivity index (χ0) is 21.0. The van der Waals surface area contributed by atoms with Crippen molar-refractivity contribution in [3.05, 3.63) is 77.1 Å². The summed E-state index contributed by atoms with van der Waals surface area (Å²) >= 11 is 0. The number of hydrogen-bond donors (Lipinski definition) is 2. The van der Waals surface area contributed by atoms with Crippen LogP contribution in [0.2, 0.25) is 0 Å². The van der Waals surface area contributed by atoms with E-state index in [1.54, 1.807) is 12.1 Å². The summed E-state index contributed by atoms with van der Waals surface area (Å²) in [7, 11) is -3.71. The van der Waals surface area contributed by atoms with Gasteiger partial charge in [0, 0.05) is 18.7 Å². The molecule has 8 heteroatoms.